The van der Waals surface area contributed by atoms with Gasteiger partial charge < -0.3 is 21.1 Å². The largest absolute Gasteiger partial charge is 0.508 e. The van der Waals surface area contributed by atoms with Crippen molar-refractivity contribution in [2.45, 2.75) is 19.9 Å². The van der Waals surface area contributed by atoms with Crippen molar-refractivity contribution < 1.29 is 9.90 Å². The van der Waals surface area contributed by atoms with Crippen LogP contribution in [0.15, 0.2) is 59.8 Å². The standard InChI is InChI=1S/C19H19N3O2S/c1-11-4-3-5-14(10-11)21-18(24)16-12(2)20-19(25)22-17(16)13-6-8-15(23)9-7-13/h3-10,17,23H,1-2H3,(H,21,24)(H2,20,22,25)/t17-/m0/s1. The van der Waals surface area contributed by atoms with E-state index < -0.39 is 0 Å². The van der Waals surface area contributed by atoms with Gasteiger partial charge in [0.25, 0.3) is 5.91 Å². The topological polar surface area (TPSA) is 73.4 Å². The van der Waals surface area contributed by atoms with Crippen LogP contribution in [0.2, 0.25) is 0 Å². The van der Waals surface area contributed by atoms with Crippen molar-refractivity contribution in [1.82, 2.24) is 10.6 Å². The first kappa shape index (κ1) is 17.0. The maximum Gasteiger partial charge on any atom is 0.255 e. The van der Waals surface area contributed by atoms with Crippen LogP contribution >= 0.6 is 12.2 Å². The molecule has 0 saturated carbocycles. The Morgan fingerprint density at radius 3 is 2.56 bits per heavy atom. The molecule has 0 fully saturated rings. The van der Waals surface area contributed by atoms with E-state index in [1.54, 1.807) is 24.3 Å². The summed E-state index contributed by atoms with van der Waals surface area (Å²) < 4.78 is 0. The molecular formula is C19H19N3O2S. The number of rotatable bonds is 3. The van der Waals surface area contributed by atoms with Crippen LogP contribution in [0.4, 0.5) is 5.69 Å². The summed E-state index contributed by atoms with van der Waals surface area (Å²) in [4.78, 5) is 12.9. The molecule has 0 aromatic heterocycles. The molecular weight excluding hydrogens is 334 g/mol. The molecule has 5 nitrogen and oxygen atoms in total. The number of aromatic hydroxyl groups is 1. The lowest BCUT2D eigenvalue weighted by Crippen LogP contribution is -2.45. The molecule has 1 atom stereocenters. The summed E-state index contributed by atoms with van der Waals surface area (Å²) >= 11 is 5.23. The van der Waals surface area contributed by atoms with Gasteiger partial charge in [0.1, 0.15) is 5.75 Å². The van der Waals surface area contributed by atoms with Gasteiger partial charge in [0, 0.05) is 11.4 Å². The third-order valence-electron chi connectivity index (χ3n) is 4.02. The molecule has 0 aliphatic carbocycles. The van der Waals surface area contributed by atoms with Crippen molar-refractivity contribution in [2.75, 3.05) is 5.32 Å². The van der Waals surface area contributed by atoms with Gasteiger partial charge >= 0.3 is 0 Å². The number of anilines is 1. The second-order valence-corrected chi connectivity index (χ2v) is 6.39. The van der Waals surface area contributed by atoms with Gasteiger partial charge in [0.15, 0.2) is 5.11 Å². The van der Waals surface area contributed by atoms with E-state index in [2.05, 4.69) is 16.0 Å². The predicted octanol–water partition coefficient (Wildman–Crippen LogP) is 3.13. The quantitative estimate of drug-likeness (QED) is 0.638. The molecule has 128 valence electrons. The third-order valence-corrected chi connectivity index (χ3v) is 4.24. The van der Waals surface area contributed by atoms with Gasteiger partial charge in [-0.3, -0.25) is 4.79 Å². The Kier molecular flexibility index (Phi) is 4.72. The Hall–Kier alpha value is -2.86. The molecule has 2 aromatic carbocycles. The van der Waals surface area contributed by atoms with Crippen LogP contribution in [0.25, 0.3) is 0 Å². The third kappa shape index (κ3) is 3.80. The number of phenolic OH excluding ortho intramolecular Hbond substituents is 1. The molecule has 0 spiro atoms. The molecule has 3 rings (SSSR count). The monoisotopic (exact) mass is 353 g/mol. The lowest BCUT2D eigenvalue weighted by molar-refractivity contribution is -0.113. The fraction of sp³-hybridized carbons (Fsp3) is 0.158. The molecule has 0 radical (unpaired) electrons. The van der Waals surface area contributed by atoms with E-state index in [0.29, 0.717) is 16.4 Å². The summed E-state index contributed by atoms with van der Waals surface area (Å²) in [5.74, 6) is -0.0320. The van der Waals surface area contributed by atoms with Crippen molar-refractivity contribution in [3.05, 3.63) is 70.9 Å². The second kappa shape index (κ2) is 6.94. The molecule has 1 heterocycles. The number of nitrogens with one attached hydrogen (secondary N) is 3. The Balaban J connectivity index is 1.94. The first-order valence-electron chi connectivity index (χ1n) is 7.89. The minimum Gasteiger partial charge on any atom is -0.508 e. The summed E-state index contributed by atoms with van der Waals surface area (Å²) in [6, 6.07) is 14.0. The number of phenols is 1. The Morgan fingerprint density at radius 1 is 1.16 bits per heavy atom. The maximum atomic E-state index is 12.9. The van der Waals surface area contributed by atoms with Crippen molar-refractivity contribution >= 4 is 28.9 Å². The fourth-order valence-corrected chi connectivity index (χ4v) is 3.10. The summed E-state index contributed by atoms with van der Waals surface area (Å²) in [6.07, 6.45) is 0. The lowest BCUT2D eigenvalue weighted by atomic mass is 9.95. The highest BCUT2D eigenvalue weighted by Gasteiger charge is 2.29. The van der Waals surface area contributed by atoms with Crippen LogP contribution in [0.1, 0.15) is 24.1 Å². The molecule has 0 unspecified atom stereocenters. The summed E-state index contributed by atoms with van der Waals surface area (Å²) in [5.41, 5.74) is 3.91. The molecule has 4 N–H and O–H groups in total. The van der Waals surface area contributed by atoms with Gasteiger partial charge in [-0.25, -0.2) is 0 Å². The highest BCUT2D eigenvalue weighted by atomic mass is 32.1. The molecule has 6 heteroatoms. The molecule has 0 bridgehead atoms. The second-order valence-electron chi connectivity index (χ2n) is 5.99. The van der Waals surface area contributed by atoms with E-state index in [1.165, 1.54) is 0 Å². The van der Waals surface area contributed by atoms with E-state index in [1.807, 2.05) is 38.1 Å². The molecule has 1 aliphatic rings. The van der Waals surface area contributed by atoms with E-state index in [4.69, 9.17) is 12.2 Å². The number of aryl methyl sites for hydroxylation is 1. The molecule has 0 saturated heterocycles. The number of carbonyl (C=O) groups is 1. The van der Waals surface area contributed by atoms with Crippen molar-refractivity contribution in [3.8, 4) is 5.75 Å². The van der Waals surface area contributed by atoms with Gasteiger partial charge in [-0.1, -0.05) is 24.3 Å². The minimum atomic E-state index is -0.390. The van der Waals surface area contributed by atoms with E-state index in [9.17, 15) is 9.90 Å². The van der Waals surface area contributed by atoms with Gasteiger partial charge in [-0.15, -0.1) is 0 Å². The minimum absolute atomic E-state index is 0.173. The van der Waals surface area contributed by atoms with Crippen LogP contribution in [0.5, 0.6) is 5.75 Å². The zero-order valence-electron chi connectivity index (χ0n) is 14.0. The Labute approximate surface area is 151 Å². The molecule has 25 heavy (non-hydrogen) atoms. The van der Waals surface area contributed by atoms with Gasteiger partial charge in [0.05, 0.1) is 11.6 Å². The first-order valence-corrected chi connectivity index (χ1v) is 8.30. The summed E-state index contributed by atoms with van der Waals surface area (Å²) in [6.45, 7) is 3.80. The maximum absolute atomic E-state index is 12.9. The van der Waals surface area contributed by atoms with E-state index >= 15 is 0 Å². The van der Waals surface area contributed by atoms with Crippen LogP contribution in [0.3, 0.4) is 0 Å². The molecule has 1 aliphatic heterocycles. The SMILES string of the molecule is CC1=C(C(=O)Nc2cccc(C)c2)[C@H](c2ccc(O)cc2)NC(=S)N1. The highest BCUT2D eigenvalue weighted by Crippen LogP contribution is 2.28. The van der Waals surface area contributed by atoms with Crippen molar-refractivity contribution in [2.24, 2.45) is 0 Å². The number of hydrogen-bond donors (Lipinski definition) is 4. The first-order chi connectivity index (χ1) is 11.9. The molecule has 1 amide bonds. The van der Waals surface area contributed by atoms with Gasteiger partial charge in [-0.05, 0) is 61.5 Å². The number of hydrogen-bond acceptors (Lipinski definition) is 3. The van der Waals surface area contributed by atoms with Crippen LogP contribution in [0, 0.1) is 6.92 Å². The average molecular weight is 353 g/mol. The fourth-order valence-electron chi connectivity index (χ4n) is 2.83. The lowest BCUT2D eigenvalue weighted by Gasteiger charge is -2.30. The molecule has 2 aromatic rings. The Morgan fingerprint density at radius 2 is 1.88 bits per heavy atom. The number of thiocarbonyl (C=S) groups is 1. The number of allylic oxidation sites excluding steroid dienone is 1. The van der Waals surface area contributed by atoms with Gasteiger partial charge in [0.2, 0.25) is 0 Å². The highest BCUT2D eigenvalue weighted by molar-refractivity contribution is 7.80. The Bertz CT molecular complexity index is 859. The van der Waals surface area contributed by atoms with E-state index in [0.717, 1.165) is 16.8 Å². The average Bonchev–Trinajstić information content (AvgIpc) is 2.54. The van der Waals surface area contributed by atoms with E-state index in [-0.39, 0.29) is 17.7 Å². The smallest absolute Gasteiger partial charge is 0.255 e. The van der Waals surface area contributed by atoms with Crippen LogP contribution in [-0.2, 0) is 4.79 Å². The normalized spacial score (nSPS) is 16.9. The number of benzene rings is 2. The van der Waals surface area contributed by atoms with Crippen molar-refractivity contribution in [3.63, 3.8) is 0 Å². The zero-order chi connectivity index (χ0) is 18.0. The van der Waals surface area contributed by atoms with Gasteiger partial charge in [-0.2, -0.15) is 0 Å². The van der Waals surface area contributed by atoms with Crippen molar-refractivity contribution in [1.29, 1.82) is 0 Å². The summed E-state index contributed by atoms with van der Waals surface area (Å²) in [7, 11) is 0. The number of amides is 1. The predicted molar refractivity (Wildman–Crippen MR) is 102 cm³/mol. The summed E-state index contributed by atoms with van der Waals surface area (Å²) in [5, 5.41) is 19.0. The van der Waals surface area contributed by atoms with Crippen LogP contribution < -0.4 is 16.0 Å². The number of carbonyl (C=O) groups excluding carboxylic acids is 1. The zero-order valence-corrected chi connectivity index (χ0v) is 14.8. The van der Waals surface area contributed by atoms with Crippen LogP contribution in [-0.4, -0.2) is 16.1 Å².